The van der Waals surface area contributed by atoms with E-state index in [0.717, 1.165) is 11.8 Å². The van der Waals surface area contributed by atoms with E-state index < -0.39 is 73.0 Å². The number of aliphatic hydroxyl groups is 5. The molecule has 0 amide bonds. The van der Waals surface area contributed by atoms with Gasteiger partial charge in [-0.15, -0.1) is 0 Å². The minimum atomic E-state index is -1.70. The first-order chi connectivity index (χ1) is 17.9. The lowest BCUT2D eigenvalue weighted by Crippen LogP contribution is -2.61. The highest BCUT2D eigenvalue weighted by molar-refractivity contribution is 5.88. The normalized spacial score (nSPS) is 37.7. The number of carbonyl (C=O) groups excluding carboxylic acids is 1. The zero-order valence-corrected chi connectivity index (χ0v) is 21.7. The van der Waals surface area contributed by atoms with Gasteiger partial charge in [-0.25, -0.2) is 9.59 Å². The zero-order valence-electron chi connectivity index (χ0n) is 21.7. The summed E-state index contributed by atoms with van der Waals surface area (Å²) < 4.78 is 22.1. The molecule has 1 aliphatic carbocycles. The summed E-state index contributed by atoms with van der Waals surface area (Å²) in [5, 5.41) is 60.5. The third kappa shape index (κ3) is 6.81. The van der Waals surface area contributed by atoms with Crippen LogP contribution in [-0.2, 0) is 28.5 Å². The van der Waals surface area contributed by atoms with E-state index in [4.69, 9.17) is 24.1 Å². The first kappa shape index (κ1) is 30.2. The van der Waals surface area contributed by atoms with Gasteiger partial charge in [0.05, 0.1) is 30.0 Å². The summed E-state index contributed by atoms with van der Waals surface area (Å²) in [6.07, 6.45) is -2.69. The van der Waals surface area contributed by atoms with E-state index >= 15 is 0 Å². The summed E-state index contributed by atoms with van der Waals surface area (Å²) in [6, 6.07) is 0. The second-order valence-corrected chi connectivity index (χ2v) is 10.3. The minimum absolute atomic E-state index is 0.000913. The van der Waals surface area contributed by atoms with Gasteiger partial charge < -0.3 is 49.6 Å². The Hall–Kier alpha value is -2.32. The molecular formula is C26H38O12. The van der Waals surface area contributed by atoms with E-state index in [1.807, 2.05) is 6.92 Å². The number of carboxylic acid groups (broad SMARTS) is 1. The molecule has 9 atom stereocenters. The number of carboxylic acids is 1. The van der Waals surface area contributed by atoms with E-state index in [1.54, 1.807) is 26.0 Å². The van der Waals surface area contributed by atoms with Gasteiger partial charge in [-0.05, 0) is 46.5 Å². The van der Waals surface area contributed by atoms with Gasteiger partial charge in [0.15, 0.2) is 6.29 Å². The molecule has 0 aromatic rings. The molecule has 0 aromatic carbocycles. The summed E-state index contributed by atoms with van der Waals surface area (Å²) in [7, 11) is 0. The average molecular weight is 543 g/mol. The van der Waals surface area contributed by atoms with Crippen LogP contribution in [0.25, 0.3) is 0 Å². The number of esters is 1. The third-order valence-corrected chi connectivity index (χ3v) is 7.45. The number of aliphatic hydroxyl groups excluding tert-OH is 4. The Morgan fingerprint density at radius 3 is 2.50 bits per heavy atom. The van der Waals surface area contributed by atoms with Gasteiger partial charge in [0.2, 0.25) is 6.29 Å². The molecule has 2 fully saturated rings. The van der Waals surface area contributed by atoms with Crippen LogP contribution < -0.4 is 0 Å². The number of hydrogen-bond donors (Lipinski definition) is 6. The Kier molecular flexibility index (Phi) is 10.1. The predicted molar refractivity (Wildman–Crippen MR) is 130 cm³/mol. The summed E-state index contributed by atoms with van der Waals surface area (Å²) >= 11 is 0. The standard InChI is InChI=1S/C26H38O12/c1-13(8-10-27)5-4-6-14(2)23(33)35-12-17-19(28)20(29)21(30)25(37-17)38-24-18-15(7-9-26(18,3)34)16(11-36-24)22(31)32/h6,8,11,15,17-21,24-25,27-30,34H,4-5,7,9-10,12H2,1-3H3,(H,31,32)/b13-8+,14-6+/t15?,17-,18?,19-,20+,21-,24+,25+,26?/m1/s1. The molecule has 3 rings (SSSR count). The number of hydrogen-bond acceptors (Lipinski definition) is 11. The van der Waals surface area contributed by atoms with E-state index in [0.29, 0.717) is 31.3 Å². The van der Waals surface area contributed by atoms with Gasteiger partial charge >= 0.3 is 11.9 Å². The molecule has 1 saturated carbocycles. The van der Waals surface area contributed by atoms with Gasteiger partial charge in [0.1, 0.15) is 31.0 Å². The highest BCUT2D eigenvalue weighted by Gasteiger charge is 2.56. The maximum Gasteiger partial charge on any atom is 0.334 e. The number of rotatable bonds is 10. The molecule has 3 aliphatic rings. The highest BCUT2D eigenvalue weighted by Crippen LogP contribution is 2.49. The Bertz CT molecular complexity index is 954. The van der Waals surface area contributed by atoms with Crippen molar-refractivity contribution in [3.8, 4) is 0 Å². The van der Waals surface area contributed by atoms with Crippen LogP contribution in [0.1, 0.15) is 46.5 Å². The summed E-state index contributed by atoms with van der Waals surface area (Å²) in [5.41, 5.74) is -0.0235. The van der Waals surface area contributed by atoms with Crippen molar-refractivity contribution in [3.63, 3.8) is 0 Å². The van der Waals surface area contributed by atoms with Crippen LogP contribution in [0.15, 0.2) is 35.1 Å². The molecule has 1 saturated heterocycles. The molecule has 12 nitrogen and oxygen atoms in total. The first-order valence-corrected chi connectivity index (χ1v) is 12.6. The van der Waals surface area contributed by atoms with Gasteiger partial charge in [0.25, 0.3) is 0 Å². The molecule has 6 N–H and O–H groups in total. The quantitative estimate of drug-likeness (QED) is 0.124. The van der Waals surface area contributed by atoms with Crippen molar-refractivity contribution in [3.05, 3.63) is 35.1 Å². The number of aliphatic carboxylic acids is 1. The molecule has 38 heavy (non-hydrogen) atoms. The second-order valence-electron chi connectivity index (χ2n) is 10.3. The molecular weight excluding hydrogens is 504 g/mol. The van der Waals surface area contributed by atoms with E-state index in [-0.39, 0.29) is 12.2 Å². The largest absolute Gasteiger partial charge is 0.478 e. The molecule has 0 spiro atoms. The third-order valence-electron chi connectivity index (χ3n) is 7.45. The van der Waals surface area contributed by atoms with E-state index in [1.165, 1.54) is 0 Å². The summed E-state index contributed by atoms with van der Waals surface area (Å²) in [6.45, 7) is 4.47. The van der Waals surface area contributed by atoms with Gasteiger partial charge in [-0.3, -0.25) is 0 Å². The smallest absolute Gasteiger partial charge is 0.334 e. The van der Waals surface area contributed by atoms with Crippen molar-refractivity contribution in [1.29, 1.82) is 0 Å². The van der Waals surface area contributed by atoms with Crippen LogP contribution in [0.4, 0.5) is 0 Å². The Balaban J connectivity index is 1.64. The molecule has 3 unspecified atom stereocenters. The van der Waals surface area contributed by atoms with Gasteiger partial charge in [0, 0.05) is 11.5 Å². The van der Waals surface area contributed by atoms with Crippen LogP contribution >= 0.6 is 0 Å². The number of carbonyl (C=O) groups is 2. The summed E-state index contributed by atoms with van der Waals surface area (Å²) in [5.74, 6) is -3.19. The van der Waals surface area contributed by atoms with Crippen molar-refractivity contribution in [1.82, 2.24) is 0 Å². The van der Waals surface area contributed by atoms with E-state index in [2.05, 4.69) is 0 Å². The fourth-order valence-corrected chi connectivity index (χ4v) is 5.13. The molecule has 2 aliphatic heterocycles. The van der Waals surface area contributed by atoms with Crippen LogP contribution in [0.5, 0.6) is 0 Å². The zero-order chi connectivity index (χ0) is 28.2. The monoisotopic (exact) mass is 542 g/mol. The fourth-order valence-electron chi connectivity index (χ4n) is 5.13. The van der Waals surface area contributed by atoms with Crippen LogP contribution in [0.2, 0.25) is 0 Å². The second kappa shape index (κ2) is 12.7. The average Bonchev–Trinajstić information content (AvgIpc) is 3.18. The van der Waals surface area contributed by atoms with Crippen molar-refractivity contribution < 1.29 is 59.2 Å². The maximum absolute atomic E-state index is 12.4. The van der Waals surface area contributed by atoms with Gasteiger partial charge in [-0.1, -0.05) is 17.7 Å². The number of allylic oxidation sites excluding steroid dienone is 2. The molecule has 214 valence electrons. The van der Waals surface area contributed by atoms with Crippen molar-refractivity contribution >= 4 is 11.9 Å². The molecule has 12 heteroatoms. The lowest BCUT2D eigenvalue weighted by atomic mass is 9.81. The van der Waals surface area contributed by atoms with Crippen molar-refractivity contribution in [2.75, 3.05) is 13.2 Å². The lowest BCUT2D eigenvalue weighted by Gasteiger charge is -2.44. The Morgan fingerprint density at radius 1 is 1.13 bits per heavy atom. The minimum Gasteiger partial charge on any atom is -0.478 e. The molecule has 0 bridgehead atoms. The van der Waals surface area contributed by atoms with Crippen molar-refractivity contribution in [2.24, 2.45) is 11.8 Å². The number of ether oxygens (including phenoxy) is 4. The highest BCUT2D eigenvalue weighted by atomic mass is 16.8. The number of fused-ring (bicyclic) bond motifs is 1. The Morgan fingerprint density at radius 2 is 1.84 bits per heavy atom. The first-order valence-electron chi connectivity index (χ1n) is 12.6. The van der Waals surface area contributed by atoms with Crippen LogP contribution in [0, 0.1) is 11.8 Å². The molecule has 0 radical (unpaired) electrons. The molecule has 0 aromatic heterocycles. The molecule has 2 heterocycles. The predicted octanol–water partition coefficient (Wildman–Crippen LogP) is 0.121. The van der Waals surface area contributed by atoms with Crippen molar-refractivity contribution in [2.45, 2.75) is 89.1 Å². The SMILES string of the molecule is C/C(=C\CO)CC/C=C(\C)C(=O)OC[C@H]1O[C@@H](O[C@@H]2OC=C(C(=O)O)C3CCC(C)(O)C32)[C@H](O)[C@@H](O)[C@@H]1O. The fraction of sp³-hybridized carbons (Fsp3) is 0.692. The van der Waals surface area contributed by atoms with Crippen LogP contribution in [-0.4, -0.2) is 98.4 Å². The summed E-state index contributed by atoms with van der Waals surface area (Å²) in [4.78, 5) is 24.0. The lowest BCUT2D eigenvalue weighted by molar-refractivity contribution is -0.346. The maximum atomic E-state index is 12.4. The van der Waals surface area contributed by atoms with E-state index in [9.17, 15) is 35.1 Å². The topological polar surface area (TPSA) is 192 Å². The van der Waals surface area contributed by atoms with Crippen LogP contribution in [0.3, 0.4) is 0 Å². The Labute approximate surface area is 220 Å². The van der Waals surface area contributed by atoms with Gasteiger partial charge in [-0.2, -0.15) is 0 Å².